The van der Waals surface area contributed by atoms with E-state index in [0.29, 0.717) is 18.8 Å². The number of nitrogens with one attached hydrogen (secondary N) is 1. The number of rotatable bonds is 4. The number of benzene rings is 1. The Morgan fingerprint density at radius 1 is 1.40 bits per heavy atom. The van der Waals surface area contributed by atoms with Gasteiger partial charge in [-0.25, -0.2) is 0 Å². The molecule has 6 heteroatoms. The van der Waals surface area contributed by atoms with Crippen LogP contribution in [0, 0.1) is 5.92 Å². The van der Waals surface area contributed by atoms with Gasteiger partial charge in [-0.05, 0) is 31.2 Å². The number of alkyl halides is 3. The molecular formula is C14H19F3N2O. The van der Waals surface area contributed by atoms with Gasteiger partial charge in [0, 0.05) is 37.8 Å². The highest BCUT2D eigenvalue weighted by molar-refractivity contribution is 5.52. The Hall–Kier alpha value is -1.27. The number of aliphatic hydroxyl groups excluding tert-OH is 1. The van der Waals surface area contributed by atoms with Gasteiger partial charge in [0.05, 0.1) is 5.56 Å². The van der Waals surface area contributed by atoms with Crippen molar-refractivity contribution in [2.24, 2.45) is 5.92 Å². The minimum absolute atomic E-state index is 0.0838. The number of anilines is 1. The van der Waals surface area contributed by atoms with E-state index in [9.17, 15) is 13.2 Å². The molecule has 1 fully saturated rings. The fourth-order valence-electron chi connectivity index (χ4n) is 2.59. The zero-order valence-electron chi connectivity index (χ0n) is 11.4. The molecule has 20 heavy (non-hydrogen) atoms. The zero-order valence-corrected chi connectivity index (χ0v) is 11.4. The van der Waals surface area contributed by atoms with Crippen LogP contribution in [0.4, 0.5) is 18.9 Å². The predicted molar refractivity (Wildman–Crippen MR) is 71.6 cm³/mol. The average Bonchev–Trinajstić information content (AvgIpc) is 2.87. The summed E-state index contributed by atoms with van der Waals surface area (Å²) < 4.78 is 39.3. The van der Waals surface area contributed by atoms with E-state index < -0.39 is 11.7 Å². The van der Waals surface area contributed by atoms with Gasteiger partial charge in [0.25, 0.3) is 0 Å². The van der Waals surface area contributed by atoms with E-state index in [2.05, 4.69) is 5.32 Å². The molecule has 0 saturated carbocycles. The van der Waals surface area contributed by atoms with Crippen molar-refractivity contribution < 1.29 is 18.3 Å². The normalized spacial score (nSPS) is 19.6. The van der Waals surface area contributed by atoms with Gasteiger partial charge in [-0.3, -0.25) is 0 Å². The van der Waals surface area contributed by atoms with Crippen LogP contribution in [0.25, 0.3) is 0 Å². The maximum absolute atomic E-state index is 13.1. The maximum Gasteiger partial charge on any atom is 0.416 e. The van der Waals surface area contributed by atoms with E-state index in [1.165, 1.54) is 12.1 Å². The molecule has 0 amide bonds. The van der Waals surface area contributed by atoms with E-state index in [1.54, 1.807) is 13.1 Å². The molecule has 1 aliphatic rings. The lowest BCUT2D eigenvalue weighted by Gasteiger charge is -2.21. The largest absolute Gasteiger partial charge is 0.416 e. The summed E-state index contributed by atoms with van der Waals surface area (Å²) in [6, 6.07) is 4.47. The molecule has 2 N–H and O–H groups in total. The van der Waals surface area contributed by atoms with Crippen molar-refractivity contribution in [3.05, 3.63) is 29.3 Å². The Morgan fingerprint density at radius 2 is 2.15 bits per heavy atom. The maximum atomic E-state index is 13.1. The molecule has 112 valence electrons. The summed E-state index contributed by atoms with van der Waals surface area (Å²) >= 11 is 0. The number of hydrogen-bond acceptors (Lipinski definition) is 3. The molecule has 2 rings (SSSR count). The summed E-state index contributed by atoms with van der Waals surface area (Å²) in [7, 11) is 1.63. The molecule has 0 radical (unpaired) electrons. The van der Waals surface area contributed by atoms with Crippen LogP contribution in [-0.2, 0) is 12.7 Å². The van der Waals surface area contributed by atoms with Gasteiger partial charge in [-0.1, -0.05) is 6.07 Å². The van der Waals surface area contributed by atoms with Crippen molar-refractivity contribution in [3.63, 3.8) is 0 Å². The van der Waals surface area contributed by atoms with Crippen molar-refractivity contribution in [2.75, 3.05) is 31.6 Å². The van der Waals surface area contributed by atoms with Crippen LogP contribution in [-0.4, -0.2) is 31.9 Å². The molecule has 3 nitrogen and oxygen atoms in total. The summed E-state index contributed by atoms with van der Waals surface area (Å²) in [5.41, 5.74) is 0.242. The van der Waals surface area contributed by atoms with Crippen LogP contribution < -0.4 is 10.2 Å². The van der Waals surface area contributed by atoms with E-state index in [-0.39, 0.29) is 24.6 Å². The molecule has 1 atom stereocenters. The second-order valence-electron chi connectivity index (χ2n) is 5.15. The minimum Gasteiger partial charge on any atom is -0.396 e. The first-order valence-corrected chi connectivity index (χ1v) is 6.66. The first kappa shape index (κ1) is 15.1. The lowest BCUT2D eigenvalue weighted by Crippen LogP contribution is -2.22. The number of halogens is 3. The number of aliphatic hydroxyl groups is 1. The molecule has 0 aliphatic carbocycles. The standard InChI is InChI=1S/C14H19F3N2O/c1-18-7-11-2-3-12(6-13(11)14(15,16)17)19-5-4-10(8-19)9-20/h2-3,6,10,18,20H,4-5,7-9H2,1H3. The topological polar surface area (TPSA) is 35.5 Å². The highest BCUT2D eigenvalue weighted by Crippen LogP contribution is 2.35. The highest BCUT2D eigenvalue weighted by Gasteiger charge is 2.34. The number of nitrogens with zero attached hydrogens (tertiary/aromatic N) is 1. The first-order chi connectivity index (χ1) is 9.45. The van der Waals surface area contributed by atoms with Crippen LogP contribution in [0.15, 0.2) is 18.2 Å². The van der Waals surface area contributed by atoms with E-state index in [0.717, 1.165) is 6.42 Å². The lowest BCUT2D eigenvalue weighted by molar-refractivity contribution is -0.138. The SMILES string of the molecule is CNCc1ccc(N2CCC(CO)C2)cc1C(F)(F)F. The van der Waals surface area contributed by atoms with Crippen LogP contribution in [0.1, 0.15) is 17.5 Å². The van der Waals surface area contributed by atoms with Gasteiger partial charge < -0.3 is 15.3 Å². The van der Waals surface area contributed by atoms with Crippen molar-refractivity contribution in [2.45, 2.75) is 19.1 Å². The lowest BCUT2D eigenvalue weighted by atomic mass is 10.1. The fourth-order valence-corrected chi connectivity index (χ4v) is 2.59. The average molecular weight is 288 g/mol. The monoisotopic (exact) mass is 288 g/mol. The number of hydrogen-bond donors (Lipinski definition) is 2. The molecule has 1 unspecified atom stereocenters. The Balaban J connectivity index is 2.28. The van der Waals surface area contributed by atoms with Crippen molar-refractivity contribution >= 4 is 5.69 Å². The van der Waals surface area contributed by atoms with Gasteiger partial charge in [0.2, 0.25) is 0 Å². The van der Waals surface area contributed by atoms with Gasteiger partial charge in [0.15, 0.2) is 0 Å². The summed E-state index contributed by atoms with van der Waals surface area (Å²) in [5.74, 6) is 0.154. The van der Waals surface area contributed by atoms with Crippen LogP contribution in [0.2, 0.25) is 0 Å². The summed E-state index contributed by atoms with van der Waals surface area (Å²) in [6.45, 7) is 1.57. The van der Waals surface area contributed by atoms with Crippen molar-refractivity contribution in [3.8, 4) is 0 Å². The Kier molecular flexibility index (Phi) is 4.55. The molecule has 1 heterocycles. The van der Waals surface area contributed by atoms with E-state index in [4.69, 9.17) is 5.11 Å². The second-order valence-corrected chi connectivity index (χ2v) is 5.15. The van der Waals surface area contributed by atoms with Gasteiger partial charge in [0.1, 0.15) is 0 Å². The van der Waals surface area contributed by atoms with Crippen LogP contribution in [0.3, 0.4) is 0 Å². The third-order valence-corrected chi connectivity index (χ3v) is 3.68. The molecular weight excluding hydrogens is 269 g/mol. The molecule has 0 bridgehead atoms. The molecule has 1 aliphatic heterocycles. The molecule has 0 spiro atoms. The molecule has 0 aromatic heterocycles. The molecule has 1 aromatic rings. The summed E-state index contributed by atoms with van der Waals surface area (Å²) in [4.78, 5) is 1.90. The summed E-state index contributed by atoms with van der Waals surface area (Å²) in [5, 5.41) is 11.9. The van der Waals surface area contributed by atoms with Crippen molar-refractivity contribution in [1.29, 1.82) is 0 Å². The van der Waals surface area contributed by atoms with Gasteiger partial charge in [-0.15, -0.1) is 0 Å². The van der Waals surface area contributed by atoms with E-state index >= 15 is 0 Å². The smallest absolute Gasteiger partial charge is 0.396 e. The third-order valence-electron chi connectivity index (χ3n) is 3.68. The second kappa shape index (κ2) is 6.01. The zero-order chi connectivity index (χ0) is 14.8. The first-order valence-electron chi connectivity index (χ1n) is 6.66. The Bertz CT molecular complexity index is 462. The third kappa shape index (κ3) is 3.24. The molecule has 1 aromatic carbocycles. The quantitative estimate of drug-likeness (QED) is 0.892. The fraction of sp³-hybridized carbons (Fsp3) is 0.571. The summed E-state index contributed by atoms with van der Waals surface area (Å²) in [6.07, 6.45) is -3.53. The minimum atomic E-state index is -4.35. The Labute approximate surface area is 116 Å². The van der Waals surface area contributed by atoms with Crippen LogP contribution in [0.5, 0.6) is 0 Å². The Morgan fingerprint density at radius 3 is 2.70 bits per heavy atom. The molecule has 1 saturated heterocycles. The predicted octanol–water partition coefficient (Wildman–Crippen LogP) is 2.24. The van der Waals surface area contributed by atoms with E-state index in [1.807, 2.05) is 4.90 Å². The van der Waals surface area contributed by atoms with Crippen molar-refractivity contribution in [1.82, 2.24) is 5.32 Å². The van der Waals surface area contributed by atoms with Gasteiger partial charge >= 0.3 is 6.18 Å². The van der Waals surface area contributed by atoms with Gasteiger partial charge in [-0.2, -0.15) is 13.2 Å². The van der Waals surface area contributed by atoms with Crippen LogP contribution >= 0.6 is 0 Å². The highest BCUT2D eigenvalue weighted by atomic mass is 19.4.